The Morgan fingerprint density at radius 2 is 2.13 bits per heavy atom. The summed E-state index contributed by atoms with van der Waals surface area (Å²) in [6, 6.07) is -1.05. The molecule has 0 aromatic heterocycles. The van der Waals surface area contributed by atoms with Crippen molar-refractivity contribution in [3.8, 4) is 0 Å². The Hall–Kier alpha value is -0.860. The normalized spacial score (nSPS) is 14.1. The van der Waals surface area contributed by atoms with Crippen LogP contribution in [0.3, 0.4) is 0 Å². The van der Waals surface area contributed by atoms with Gasteiger partial charge in [-0.15, -0.1) is 0 Å². The van der Waals surface area contributed by atoms with Crippen LogP contribution in [0.5, 0.6) is 0 Å². The lowest BCUT2D eigenvalue weighted by atomic mass is 10.2. The molecular weight excluding hydrogens is 215 g/mol. The summed E-state index contributed by atoms with van der Waals surface area (Å²) in [4.78, 5) is 11.9. The first-order valence-electron chi connectivity index (χ1n) is 4.08. The summed E-state index contributed by atoms with van der Waals surface area (Å²) in [5, 5.41) is 0. The number of nitrogens with zero attached hydrogens (tertiary/aromatic N) is 1. The molecule has 0 aromatic carbocycles. The summed E-state index contributed by atoms with van der Waals surface area (Å²) < 4.78 is 40.7. The smallest absolute Gasteiger partial charge is 0.383 e. The van der Waals surface area contributed by atoms with Crippen LogP contribution in [0.25, 0.3) is 0 Å². The predicted molar refractivity (Wildman–Crippen MR) is 46.7 cm³/mol. The molecule has 0 rings (SSSR count). The van der Waals surface area contributed by atoms with E-state index in [1.165, 1.54) is 14.2 Å². The van der Waals surface area contributed by atoms with E-state index in [1.807, 2.05) is 0 Å². The molecule has 0 aliphatic carbocycles. The van der Waals surface area contributed by atoms with E-state index >= 15 is 0 Å². The molecule has 0 spiro atoms. The Kier molecular flexibility index (Phi) is 5.55. The van der Waals surface area contributed by atoms with Crippen LogP contribution in [0.4, 0.5) is 13.2 Å². The zero-order valence-electron chi connectivity index (χ0n) is 8.47. The van der Waals surface area contributed by atoms with E-state index < -0.39 is 24.7 Å². The maximum atomic E-state index is 12.0. The van der Waals surface area contributed by atoms with Crippen molar-refractivity contribution < 1.29 is 22.7 Å². The van der Waals surface area contributed by atoms with Crippen LogP contribution in [0, 0.1) is 0 Å². The zero-order chi connectivity index (χ0) is 12.1. The summed E-state index contributed by atoms with van der Waals surface area (Å²) in [5.41, 5.74) is 1.79. The number of rotatable bonds is 5. The molecule has 0 fully saturated rings. The Bertz CT molecular complexity index is 210. The van der Waals surface area contributed by atoms with Gasteiger partial charge in [0.05, 0.1) is 13.2 Å². The molecule has 0 aliphatic heterocycles. The van der Waals surface area contributed by atoms with Gasteiger partial charge in [-0.05, 0) is 7.05 Å². The summed E-state index contributed by atoms with van der Waals surface area (Å²) in [7, 11) is 2.46. The minimum absolute atomic E-state index is 0.157. The fraction of sp³-hybridized carbons (Fsp3) is 0.857. The zero-order valence-corrected chi connectivity index (χ0v) is 8.47. The van der Waals surface area contributed by atoms with E-state index in [4.69, 9.17) is 5.84 Å². The molecule has 0 bridgehead atoms. The third-order valence-electron chi connectivity index (χ3n) is 1.73. The van der Waals surface area contributed by atoms with Gasteiger partial charge in [-0.1, -0.05) is 0 Å². The quantitative estimate of drug-likeness (QED) is 0.378. The number of nitrogens with one attached hydrogen (secondary N) is 1. The molecule has 5 nitrogen and oxygen atoms in total. The van der Waals surface area contributed by atoms with Gasteiger partial charge in [-0.2, -0.15) is 13.2 Å². The lowest BCUT2D eigenvalue weighted by Crippen LogP contribution is -2.52. The number of amides is 1. The number of alkyl halides is 3. The van der Waals surface area contributed by atoms with Crippen LogP contribution < -0.4 is 11.3 Å². The van der Waals surface area contributed by atoms with Crippen LogP contribution in [-0.4, -0.2) is 50.3 Å². The van der Waals surface area contributed by atoms with Crippen molar-refractivity contribution in [2.45, 2.75) is 12.2 Å². The number of hydrogen-bond acceptors (Lipinski definition) is 4. The highest BCUT2D eigenvalue weighted by Crippen LogP contribution is 2.16. The molecule has 0 heterocycles. The van der Waals surface area contributed by atoms with E-state index in [0.717, 1.165) is 4.90 Å². The monoisotopic (exact) mass is 229 g/mol. The van der Waals surface area contributed by atoms with Crippen LogP contribution in [0.15, 0.2) is 0 Å². The third-order valence-corrected chi connectivity index (χ3v) is 1.73. The third kappa shape index (κ3) is 5.55. The van der Waals surface area contributed by atoms with Gasteiger partial charge in [0, 0.05) is 7.11 Å². The number of carbonyl (C=O) groups excluding carboxylic acids is 1. The van der Waals surface area contributed by atoms with Gasteiger partial charge in [0.15, 0.2) is 0 Å². The molecule has 1 unspecified atom stereocenters. The molecule has 3 N–H and O–H groups in total. The number of hydrazine groups is 1. The molecule has 1 atom stereocenters. The van der Waals surface area contributed by atoms with Crippen LogP contribution in [0.1, 0.15) is 0 Å². The second-order valence-electron chi connectivity index (χ2n) is 3.01. The Morgan fingerprint density at radius 3 is 2.47 bits per heavy atom. The minimum Gasteiger partial charge on any atom is -0.383 e. The largest absolute Gasteiger partial charge is 0.401 e. The highest BCUT2D eigenvalue weighted by Gasteiger charge is 2.34. The van der Waals surface area contributed by atoms with Gasteiger partial charge < -0.3 is 4.74 Å². The Labute approximate surface area is 85.3 Å². The van der Waals surface area contributed by atoms with E-state index in [2.05, 4.69) is 4.74 Å². The molecule has 90 valence electrons. The van der Waals surface area contributed by atoms with Crippen LogP contribution in [-0.2, 0) is 9.53 Å². The van der Waals surface area contributed by atoms with Crippen molar-refractivity contribution in [2.75, 3.05) is 27.3 Å². The fourth-order valence-corrected chi connectivity index (χ4v) is 1.05. The van der Waals surface area contributed by atoms with Crippen molar-refractivity contribution >= 4 is 5.91 Å². The van der Waals surface area contributed by atoms with E-state index in [0.29, 0.717) is 0 Å². The van der Waals surface area contributed by atoms with Crippen molar-refractivity contribution in [2.24, 2.45) is 5.84 Å². The van der Waals surface area contributed by atoms with E-state index in [9.17, 15) is 18.0 Å². The predicted octanol–water partition coefficient (Wildman–Crippen LogP) is -0.515. The molecule has 0 saturated heterocycles. The lowest BCUT2D eigenvalue weighted by molar-refractivity contribution is -0.154. The van der Waals surface area contributed by atoms with Crippen molar-refractivity contribution in [1.29, 1.82) is 0 Å². The summed E-state index contributed by atoms with van der Waals surface area (Å²) in [6.07, 6.45) is -4.37. The standard InChI is InChI=1S/C7H14F3N3O2/c1-13(4-7(8,9)10)5(3-15-2)6(14)12-11/h5H,3-4,11H2,1-2H3,(H,12,14). The van der Waals surface area contributed by atoms with Gasteiger partial charge in [-0.3, -0.25) is 15.1 Å². The van der Waals surface area contributed by atoms with Crippen LogP contribution >= 0.6 is 0 Å². The number of halogens is 3. The van der Waals surface area contributed by atoms with E-state index in [-0.39, 0.29) is 6.61 Å². The molecule has 0 aliphatic rings. The number of nitrogens with two attached hydrogens (primary N) is 1. The average molecular weight is 229 g/mol. The van der Waals surface area contributed by atoms with Crippen LogP contribution in [0.2, 0.25) is 0 Å². The highest BCUT2D eigenvalue weighted by atomic mass is 19.4. The molecule has 0 saturated carbocycles. The molecule has 1 amide bonds. The first-order valence-corrected chi connectivity index (χ1v) is 4.08. The number of hydrogen-bond donors (Lipinski definition) is 2. The van der Waals surface area contributed by atoms with Gasteiger partial charge in [-0.25, -0.2) is 5.84 Å². The van der Waals surface area contributed by atoms with Crippen molar-refractivity contribution in [3.63, 3.8) is 0 Å². The first-order chi connectivity index (χ1) is 6.81. The fourth-order valence-electron chi connectivity index (χ4n) is 1.05. The highest BCUT2D eigenvalue weighted by molar-refractivity contribution is 5.81. The lowest BCUT2D eigenvalue weighted by Gasteiger charge is -2.26. The number of likely N-dealkylation sites (N-methyl/N-ethyl adjacent to an activating group) is 1. The topological polar surface area (TPSA) is 67.6 Å². The second kappa shape index (κ2) is 5.89. The average Bonchev–Trinajstić information content (AvgIpc) is 2.10. The van der Waals surface area contributed by atoms with Gasteiger partial charge in [0.25, 0.3) is 5.91 Å². The van der Waals surface area contributed by atoms with Crippen molar-refractivity contribution in [3.05, 3.63) is 0 Å². The van der Waals surface area contributed by atoms with E-state index in [1.54, 1.807) is 5.43 Å². The number of carbonyl (C=O) groups is 1. The van der Waals surface area contributed by atoms with Gasteiger partial charge in [0.1, 0.15) is 6.04 Å². The molecule has 0 aromatic rings. The Balaban J connectivity index is 4.41. The van der Waals surface area contributed by atoms with Gasteiger partial charge >= 0.3 is 6.18 Å². The molecular formula is C7H14F3N3O2. The molecule has 8 heteroatoms. The maximum absolute atomic E-state index is 12.0. The molecule has 0 radical (unpaired) electrons. The maximum Gasteiger partial charge on any atom is 0.401 e. The van der Waals surface area contributed by atoms with Gasteiger partial charge in [0.2, 0.25) is 0 Å². The number of ether oxygens (including phenoxy) is 1. The summed E-state index contributed by atoms with van der Waals surface area (Å²) in [6.45, 7) is -1.36. The number of methoxy groups -OCH3 is 1. The summed E-state index contributed by atoms with van der Waals surface area (Å²) >= 11 is 0. The summed E-state index contributed by atoms with van der Waals surface area (Å²) in [5.74, 6) is 4.12. The van der Waals surface area contributed by atoms with Crippen molar-refractivity contribution in [1.82, 2.24) is 10.3 Å². The molecule has 15 heavy (non-hydrogen) atoms. The Morgan fingerprint density at radius 1 is 1.60 bits per heavy atom. The SMILES string of the molecule is COCC(C(=O)NN)N(C)CC(F)(F)F. The first kappa shape index (κ1) is 14.1. The minimum atomic E-state index is -4.37. The second-order valence-corrected chi connectivity index (χ2v) is 3.01.